The van der Waals surface area contributed by atoms with Gasteiger partial charge in [-0.05, 0) is 54.6 Å². The van der Waals surface area contributed by atoms with E-state index >= 15 is 0 Å². The Kier molecular flexibility index (Phi) is 3.54. The van der Waals surface area contributed by atoms with Crippen LogP contribution >= 0.6 is 0 Å². The second-order valence-corrected chi connectivity index (χ2v) is 7.68. The van der Waals surface area contributed by atoms with Gasteiger partial charge in [0.2, 0.25) is 0 Å². The second-order valence-electron chi connectivity index (χ2n) is 7.68. The van der Waals surface area contributed by atoms with Gasteiger partial charge in [0, 0.05) is 24.8 Å². The number of piperidine rings is 1. The summed E-state index contributed by atoms with van der Waals surface area (Å²) in [6.07, 6.45) is 8.22. The summed E-state index contributed by atoms with van der Waals surface area (Å²) in [5.74, 6) is 2.03. The van der Waals surface area contributed by atoms with E-state index in [1.54, 1.807) is 0 Å². The third-order valence-corrected chi connectivity index (χ3v) is 6.36. The average Bonchev–Trinajstić information content (AvgIpc) is 3.04. The summed E-state index contributed by atoms with van der Waals surface area (Å²) in [5.41, 5.74) is 4.14. The van der Waals surface area contributed by atoms with Crippen LogP contribution in [0.2, 0.25) is 0 Å². The molecule has 1 aromatic heterocycles. The van der Waals surface area contributed by atoms with Gasteiger partial charge in [-0.1, -0.05) is 24.3 Å². The van der Waals surface area contributed by atoms with Crippen LogP contribution in [0.3, 0.4) is 0 Å². The van der Waals surface area contributed by atoms with Gasteiger partial charge in [0.25, 0.3) is 0 Å². The Morgan fingerprint density at radius 2 is 2.24 bits per heavy atom. The summed E-state index contributed by atoms with van der Waals surface area (Å²) >= 11 is 0. The molecule has 5 heteroatoms. The molecule has 1 aliphatic heterocycles. The van der Waals surface area contributed by atoms with Crippen molar-refractivity contribution < 1.29 is 4.79 Å². The highest BCUT2D eigenvalue weighted by molar-refractivity contribution is 5.75. The number of carbonyl (C=O) groups excluding carboxylic acids is 1. The molecule has 130 valence electrons. The normalized spacial score (nSPS) is 29.8. The van der Waals surface area contributed by atoms with E-state index in [1.807, 2.05) is 17.3 Å². The van der Waals surface area contributed by atoms with Gasteiger partial charge in [-0.3, -0.25) is 5.10 Å². The summed E-state index contributed by atoms with van der Waals surface area (Å²) in [4.78, 5) is 14.8. The molecule has 1 saturated carbocycles. The molecule has 2 fully saturated rings. The van der Waals surface area contributed by atoms with Crippen molar-refractivity contribution >= 4 is 6.03 Å². The van der Waals surface area contributed by atoms with Crippen LogP contribution in [-0.4, -0.2) is 34.2 Å². The number of hydrogen-bond acceptors (Lipinski definition) is 2. The lowest BCUT2D eigenvalue weighted by Gasteiger charge is -2.35. The van der Waals surface area contributed by atoms with Crippen molar-refractivity contribution in [2.75, 3.05) is 13.1 Å². The highest BCUT2D eigenvalue weighted by atomic mass is 16.2. The molecule has 4 unspecified atom stereocenters. The third-order valence-electron chi connectivity index (χ3n) is 6.36. The Labute approximate surface area is 147 Å². The highest BCUT2D eigenvalue weighted by Crippen LogP contribution is 2.60. The number of H-pyrrole nitrogens is 1. The molecule has 2 heterocycles. The molecule has 2 aliphatic carbocycles. The van der Waals surface area contributed by atoms with Crippen LogP contribution in [0.15, 0.2) is 36.7 Å². The fourth-order valence-corrected chi connectivity index (χ4v) is 5.03. The lowest BCUT2D eigenvalue weighted by atomic mass is 9.98. The standard InChI is InChI=1S/C20H24N4O/c25-20(24-8-4-3-7-18(24)14-10-22-23-11-14)21-12-17-16-9-13-5-1-2-6-15(13)19(16)17/h1-2,5-6,10-11,16-19H,3-4,7-9,12H2,(H,21,25)(H,22,23). The quantitative estimate of drug-likeness (QED) is 0.904. The summed E-state index contributed by atoms with van der Waals surface area (Å²) in [7, 11) is 0. The van der Waals surface area contributed by atoms with Crippen LogP contribution in [-0.2, 0) is 6.42 Å². The van der Waals surface area contributed by atoms with Crippen molar-refractivity contribution in [2.24, 2.45) is 11.8 Å². The van der Waals surface area contributed by atoms with E-state index in [0.717, 1.165) is 37.4 Å². The SMILES string of the molecule is O=C(NCC1C2Cc3ccccc3C12)N1CCCCC1c1cn[nH]c1. The van der Waals surface area contributed by atoms with Crippen molar-refractivity contribution in [1.29, 1.82) is 0 Å². The number of urea groups is 1. The predicted molar refractivity (Wildman–Crippen MR) is 95.2 cm³/mol. The van der Waals surface area contributed by atoms with E-state index in [4.69, 9.17) is 0 Å². The summed E-state index contributed by atoms with van der Waals surface area (Å²) in [6.45, 7) is 1.64. The van der Waals surface area contributed by atoms with Crippen molar-refractivity contribution in [3.8, 4) is 0 Å². The van der Waals surface area contributed by atoms with E-state index in [0.29, 0.717) is 11.8 Å². The minimum atomic E-state index is 0.0872. The zero-order chi connectivity index (χ0) is 16.8. The minimum Gasteiger partial charge on any atom is -0.338 e. The van der Waals surface area contributed by atoms with Crippen LogP contribution in [0.5, 0.6) is 0 Å². The number of likely N-dealkylation sites (tertiary alicyclic amines) is 1. The van der Waals surface area contributed by atoms with Gasteiger partial charge in [-0.15, -0.1) is 0 Å². The lowest BCUT2D eigenvalue weighted by Crippen LogP contribution is -2.45. The molecule has 5 nitrogen and oxygen atoms in total. The van der Waals surface area contributed by atoms with Gasteiger partial charge >= 0.3 is 6.03 Å². The van der Waals surface area contributed by atoms with E-state index in [1.165, 1.54) is 24.0 Å². The van der Waals surface area contributed by atoms with E-state index in [9.17, 15) is 4.79 Å². The van der Waals surface area contributed by atoms with Gasteiger partial charge in [0.15, 0.2) is 0 Å². The van der Waals surface area contributed by atoms with Crippen molar-refractivity contribution in [1.82, 2.24) is 20.4 Å². The van der Waals surface area contributed by atoms with Crippen molar-refractivity contribution in [2.45, 2.75) is 37.6 Å². The summed E-state index contributed by atoms with van der Waals surface area (Å²) < 4.78 is 0. The van der Waals surface area contributed by atoms with Gasteiger partial charge in [0.05, 0.1) is 12.2 Å². The van der Waals surface area contributed by atoms with Gasteiger partial charge < -0.3 is 10.2 Å². The fraction of sp³-hybridized carbons (Fsp3) is 0.500. The van der Waals surface area contributed by atoms with Crippen molar-refractivity contribution in [3.05, 3.63) is 53.3 Å². The molecule has 5 rings (SSSR count). The zero-order valence-corrected chi connectivity index (χ0v) is 14.3. The summed E-state index contributed by atoms with van der Waals surface area (Å²) in [5, 5.41) is 10.1. The lowest BCUT2D eigenvalue weighted by molar-refractivity contribution is 0.151. The van der Waals surface area contributed by atoms with Crippen LogP contribution in [0.25, 0.3) is 0 Å². The van der Waals surface area contributed by atoms with Gasteiger partial charge in [-0.25, -0.2) is 4.79 Å². The molecule has 2 aromatic rings. The summed E-state index contributed by atoms with van der Waals surface area (Å²) in [6, 6.07) is 9.03. The van der Waals surface area contributed by atoms with E-state index < -0.39 is 0 Å². The molecule has 3 aliphatic rings. The molecule has 0 radical (unpaired) electrons. The van der Waals surface area contributed by atoms with Gasteiger partial charge in [-0.2, -0.15) is 5.10 Å². The maximum atomic E-state index is 12.8. The minimum absolute atomic E-state index is 0.0872. The first-order chi connectivity index (χ1) is 12.3. The first-order valence-corrected chi connectivity index (χ1v) is 9.44. The Hall–Kier alpha value is -2.30. The number of aromatic nitrogens is 2. The highest BCUT2D eigenvalue weighted by Gasteiger charge is 2.55. The Bertz CT molecular complexity index is 772. The number of benzene rings is 1. The molecule has 2 amide bonds. The monoisotopic (exact) mass is 336 g/mol. The number of nitrogens with one attached hydrogen (secondary N) is 2. The number of amides is 2. The first-order valence-electron chi connectivity index (χ1n) is 9.44. The molecular formula is C20H24N4O. The van der Waals surface area contributed by atoms with Crippen LogP contribution in [0.4, 0.5) is 4.79 Å². The Morgan fingerprint density at radius 1 is 1.32 bits per heavy atom. The molecule has 1 aromatic carbocycles. The molecule has 0 spiro atoms. The third kappa shape index (κ3) is 2.53. The molecular weight excluding hydrogens is 312 g/mol. The number of nitrogens with zero attached hydrogens (tertiary/aromatic N) is 2. The smallest absolute Gasteiger partial charge is 0.317 e. The van der Waals surface area contributed by atoms with Crippen LogP contribution in [0.1, 0.15) is 47.9 Å². The molecule has 25 heavy (non-hydrogen) atoms. The number of carbonyl (C=O) groups is 1. The number of fused-ring (bicyclic) bond motifs is 3. The van der Waals surface area contributed by atoms with E-state index in [-0.39, 0.29) is 12.1 Å². The fourth-order valence-electron chi connectivity index (χ4n) is 5.03. The number of rotatable bonds is 3. The van der Waals surface area contributed by atoms with Crippen LogP contribution < -0.4 is 5.32 Å². The molecule has 4 atom stereocenters. The molecule has 1 saturated heterocycles. The van der Waals surface area contributed by atoms with Crippen molar-refractivity contribution in [3.63, 3.8) is 0 Å². The Morgan fingerprint density at radius 3 is 3.12 bits per heavy atom. The maximum absolute atomic E-state index is 12.8. The average molecular weight is 336 g/mol. The number of aromatic amines is 1. The van der Waals surface area contributed by atoms with E-state index in [2.05, 4.69) is 39.8 Å². The van der Waals surface area contributed by atoms with Gasteiger partial charge in [0.1, 0.15) is 0 Å². The maximum Gasteiger partial charge on any atom is 0.317 e. The Balaban J connectivity index is 1.22. The zero-order valence-electron chi connectivity index (χ0n) is 14.3. The molecule has 0 bridgehead atoms. The molecule has 2 N–H and O–H groups in total. The number of hydrogen-bond donors (Lipinski definition) is 2. The van der Waals surface area contributed by atoms with Crippen LogP contribution in [0, 0.1) is 11.8 Å². The topological polar surface area (TPSA) is 61.0 Å². The second kappa shape index (κ2) is 5.90. The first kappa shape index (κ1) is 15.0. The largest absolute Gasteiger partial charge is 0.338 e. The predicted octanol–water partition coefficient (Wildman–Crippen LogP) is 3.23.